The first-order chi connectivity index (χ1) is 9.56. The van der Waals surface area contributed by atoms with E-state index >= 15 is 0 Å². The SMILES string of the molecule is CC1CCN(CC(O)CNC(=O)C2CCOC2C)CC1. The predicted octanol–water partition coefficient (Wildman–Crippen LogP) is 0.620. The number of piperidine rings is 1. The average molecular weight is 284 g/mol. The van der Waals surface area contributed by atoms with Crippen molar-refractivity contribution in [2.75, 3.05) is 32.8 Å². The maximum Gasteiger partial charge on any atom is 0.225 e. The number of hydrogen-bond donors (Lipinski definition) is 2. The van der Waals surface area contributed by atoms with Crippen molar-refractivity contribution in [3.8, 4) is 0 Å². The minimum absolute atomic E-state index is 0.00396. The summed E-state index contributed by atoms with van der Waals surface area (Å²) in [5.41, 5.74) is 0. The number of amides is 1. The molecule has 2 N–H and O–H groups in total. The molecule has 2 aliphatic rings. The molecule has 1 amide bonds. The van der Waals surface area contributed by atoms with E-state index in [1.165, 1.54) is 12.8 Å². The van der Waals surface area contributed by atoms with Gasteiger partial charge in [0, 0.05) is 19.7 Å². The Hall–Kier alpha value is -0.650. The van der Waals surface area contributed by atoms with Crippen molar-refractivity contribution in [2.45, 2.75) is 45.3 Å². The van der Waals surface area contributed by atoms with Crippen molar-refractivity contribution < 1.29 is 14.6 Å². The van der Waals surface area contributed by atoms with E-state index in [9.17, 15) is 9.90 Å². The number of hydrogen-bond acceptors (Lipinski definition) is 4. The molecule has 116 valence electrons. The fourth-order valence-corrected chi connectivity index (χ4v) is 3.03. The van der Waals surface area contributed by atoms with Crippen LogP contribution in [-0.4, -0.2) is 60.9 Å². The van der Waals surface area contributed by atoms with Crippen LogP contribution in [0.25, 0.3) is 0 Å². The van der Waals surface area contributed by atoms with E-state index in [4.69, 9.17) is 4.74 Å². The molecule has 0 aliphatic carbocycles. The summed E-state index contributed by atoms with van der Waals surface area (Å²) in [5.74, 6) is 0.756. The maximum atomic E-state index is 12.0. The Morgan fingerprint density at radius 3 is 2.65 bits per heavy atom. The Balaban J connectivity index is 1.64. The topological polar surface area (TPSA) is 61.8 Å². The van der Waals surface area contributed by atoms with Gasteiger partial charge in [0.05, 0.1) is 18.1 Å². The molecule has 3 unspecified atom stereocenters. The lowest BCUT2D eigenvalue weighted by Gasteiger charge is -2.31. The third kappa shape index (κ3) is 4.43. The number of aliphatic hydroxyl groups is 1. The molecular formula is C15H28N2O3. The van der Waals surface area contributed by atoms with Crippen molar-refractivity contribution in [1.82, 2.24) is 10.2 Å². The summed E-state index contributed by atoms with van der Waals surface area (Å²) < 4.78 is 5.39. The predicted molar refractivity (Wildman–Crippen MR) is 77.4 cm³/mol. The number of carbonyl (C=O) groups excluding carboxylic acids is 1. The first-order valence-corrected chi connectivity index (χ1v) is 7.86. The van der Waals surface area contributed by atoms with Gasteiger partial charge in [-0.3, -0.25) is 4.79 Å². The fraction of sp³-hybridized carbons (Fsp3) is 0.933. The maximum absolute atomic E-state index is 12.0. The second-order valence-corrected chi connectivity index (χ2v) is 6.35. The largest absolute Gasteiger partial charge is 0.390 e. The second kappa shape index (κ2) is 7.38. The van der Waals surface area contributed by atoms with Crippen molar-refractivity contribution >= 4 is 5.91 Å². The van der Waals surface area contributed by atoms with Gasteiger partial charge in [-0.05, 0) is 45.2 Å². The highest BCUT2D eigenvalue weighted by molar-refractivity contribution is 5.79. The summed E-state index contributed by atoms with van der Waals surface area (Å²) in [7, 11) is 0. The van der Waals surface area contributed by atoms with Gasteiger partial charge in [0.25, 0.3) is 0 Å². The lowest BCUT2D eigenvalue weighted by Crippen LogP contribution is -2.44. The number of β-amino-alcohol motifs (C(OH)–C–C–N with tert-alkyl or cyclic N) is 1. The standard InChI is InChI=1S/C15H28N2O3/c1-11-3-6-17(7-4-11)10-13(18)9-16-15(19)14-5-8-20-12(14)2/h11-14,18H,3-10H2,1-2H3,(H,16,19). The molecule has 0 radical (unpaired) electrons. The molecule has 0 saturated carbocycles. The molecule has 5 heteroatoms. The first kappa shape index (κ1) is 15.7. The van der Waals surface area contributed by atoms with Crippen molar-refractivity contribution in [3.05, 3.63) is 0 Å². The lowest BCUT2D eigenvalue weighted by atomic mass is 9.99. The number of aliphatic hydroxyl groups excluding tert-OH is 1. The van der Waals surface area contributed by atoms with Gasteiger partial charge in [-0.15, -0.1) is 0 Å². The molecule has 2 fully saturated rings. The van der Waals surface area contributed by atoms with Crippen LogP contribution in [0, 0.1) is 11.8 Å². The number of rotatable bonds is 5. The minimum Gasteiger partial charge on any atom is -0.390 e. The van der Waals surface area contributed by atoms with Gasteiger partial charge in [-0.25, -0.2) is 0 Å². The Kier molecular flexibility index (Phi) is 5.81. The van der Waals surface area contributed by atoms with E-state index in [1.807, 2.05) is 6.92 Å². The van der Waals surface area contributed by atoms with Crippen LogP contribution in [0.5, 0.6) is 0 Å². The minimum atomic E-state index is -0.481. The molecule has 0 spiro atoms. The van der Waals surface area contributed by atoms with Crippen LogP contribution >= 0.6 is 0 Å². The van der Waals surface area contributed by atoms with Gasteiger partial charge >= 0.3 is 0 Å². The molecule has 2 rings (SSSR count). The first-order valence-electron chi connectivity index (χ1n) is 7.86. The normalized spacial score (nSPS) is 30.4. The van der Waals surface area contributed by atoms with Crippen molar-refractivity contribution in [3.63, 3.8) is 0 Å². The van der Waals surface area contributed by atoms with Gasteiger partial charge in [0.15, 0.2) is 0 Å². The summed E-state index contributed by atoms with van der Waals surface area (Å²) in [6.07, 6.45) is 2.71. The molecule has 0 aromatic carbocycles. The van der Waals surface area contributed by atoms with E-state index < -0.39 is 6.10 Å². The highest BCUT2D eigenvalue weighted by atomic mass is 16.5. The van der Waals surface area contributed by atoms with Gasteiger partial charge < -0.3 is 20.1 Å². The summed E-state index contributed by atoms with van der Waals surface area (Å²) in [6.45, 7) is 7.98. The van der Waals surface area contributed by atoms with Crippen molar-refractivity contribution in [2.24, 2.45) is 11.8 Å². The number of nitrogens with zero attached hydrogens (tertiary/aromatic N) is 1. The quantitative estimate of drug-likeness (QED) is 0.777. The Morgan fingerprint density at radius 2 is 2.05 bits per heavy atom. The van der Waals surface area contributed by atoms with Crippen LogP contribution in [-0.2, 0) is 9.53 Å². The highest BCUT2D eigenvalue weighted by Crippen LogP contribution is 2.20. The number of likely N-dealkylation sites (tertiary alicyclic amines) is 1. The van der Waals surface area contributed by atoms with Crippen LogP contribution in [0.3, 0.4) is 0 Å². The monoisotopic (exact) mass is 284 g/mol. The van der Waals surface area contributed by atoms with E-state index in [0.717, 1.165) is 25.4 Å². The third-order valence-electron chi connectivity index (χ3n) is 4.57. The van der Waals surface area contributed by atoms with Gasteiger partial charge in [0.1, 0.15) is 0 Å². The summed E-state index contributed by atoms with van der Waals surface area (Å²) in [4.78, 5) is 14.3. The molecule has 0 bridgehead atoms. The number of carbonyl (C=O) groups is 1. The van der Waals surface area contributed by atoms with E-state index in [0.29, 0.717) is 19.7 Å². The molecule has 20 heavy (non-hydrogen) atoms. The summed E-state index contributed by atoms with van der Waals surface area (Å²) in [5, 5.41) is 12.9. The lowest BCUT2D eigenvalue weighted by molar-refractivity contribution is -0.126. The van der Waals surface area contributed by atoms with Crippen LogP contribution < -0.4 is 5.32 Å². The average Bonchev–Trinajstić information content (AvgIpc) is 2.85. The van der Waals surface area contributed by atoms with Crippen LogP contribution in [0.2, 0.25) is 0 Å². The number of ether oxygens (including phenoxy) is 1. The molecule has 3 atom stereocenters. The van der Waals surface area contributed by atoms with Crippen LogP contribution in [0.15, 0.2) is 0 Å². The molecular weight excluding hydrogens is 256 g/mol. The molecule has 5 nitrogen and oxygen atoms in total. The molecule has 2 aliphatic heterocycles. The Morgan fingerprint density at radius 1 is 1.35 bits per heavy atom. The van der Waals surface area contributed by atoms with E-state index in [-0.39, 0.29) is 17.9 Å². The molecule has 2 heterocycles. The summed E-state index contributed by atoms with van der Waals surface area (Å²) in [6, 6.07) is 0. The molecule has 0 aromatic rings. The van der Waals surface area contributed by atoms with Gasteiger partial charge in [0.2, 0.25) is 5.91 Å². The molecule has 0 aromatic heterocycles. The second-order valence-electron chi connectivity index (χ2n) is 6.35. The van der Waals surface area contributed by atoms with E-state index in [2.05, 4.69) is 17.1 Å². The Labute approximate surface area is 121 Å². The zero-order valence-corrected chi connectivity index (χ0v) is 12.7. The summed E-state index contributed by atoms with van der Waals surface area (Å²) >= 11 is 0. The third-order valence-corrected chi connectivity index (χ3v) is 4.57. The molecule has 2 saturated heterocycles. The van der Waals surface area contributed by atoms with Crippen LogP contribution in [0.1, 0.15) is 33.1 Å². The van der Waals surface area contributed by atoms with Crippen molar-refractivity contribution in [1.29, 1.82) is 0 Å². The zero-order chi connectivity index (χ0) is 14.5. The highest BCUT2D eigenvalue weighted by Gasteiger charge is 2.30. The number of nitrogens with one attached hydrogen (secondary N) is 1. The van der Waals surface area contributed by atoms with Gasteiger partial charge in [-0.2, -0.15) is 0 Å². The fourth-order valence-electron chi connectivity index (χ4n) is 3.03. The zero-order valence-electron chi connectivity index (χ0n) is 12.7. The van der Waals surface area contributed by atoms with Gasteiger partial charge in [-0.1, -0.05) is 6.92 Å². The van der Waals surface area contributed by atoms with Crippen LogP contribution in [0.4, 0.5) is 0 Å². The smallest absolute Gasteiger partial charge is 0.225 e. The Bertz CT molecular complexity index is 316. The van der Waals surface area contributed by atoms with E-state index in [1.54, 1.807) is 0 Å².